The molecule has 1 aromatic heterocycles. The number of ketones is 1. The molecule has 1 atom stereocenters. The summed E-state index contributed by atoms with van der Waals surface area (Å²) in [4.78, 5) is 29.9. The lowest BCUT2D eigenvalue weighted by atomic mass is 9.97. The molecule has 2 aromatic rings. The van der Waals surface area contributed by atoms with E-state index in [1.165, 1.54) is 23.2 Å². The molecular formula is C16H14N2O4S. The highest BCUT2D eigenvalue weighted by molar-refractivity contribution is 7.13. The van der Waals surface area contributed by atoms with Gasteiger partial charge in [-0.05, 0) is 24.6 Å². The molecule has 0 aliphatic carbocycles. The number of hydrogen-bond donors (Lipinski definition) is 1. The van der Waals surface area contributed by atoms with E-state index >= 15 is 0 Å². The maximum atomic E-state index is 12.4. The molecule has 0 spiro atoms. The number of ether oxygens (including phenoxy) is 1. The maximum Gasteiger partial charge on any atom is 0.296 e. The van der Waals surface area contributed by atoms with E-state index in [1.807, 2.05) is 0 Å². The largest absolute Gasteiger partial charge is 0.503 e. The Morgan fingerprint density at radius 1 is 1.35 bits per heavy atom. The monoisotopic (exact) mass is 330 g/mol. The van der Waals surface area contributed by atoms with Gasteiger partial charge in [0.25, 0.3) is 5.91 Å². The molecule has 2 heterocycles. The number of benzene rings is 1. The number of hydrogen-bond acceptors (Lipinski definition) is 6. The normalized spacial score (nSPS) is 17.7. The average molecular weight is 330 g/mol. The Hall–Kier alpha value is -2.67. The number of nitrogens with zero attached hydrogens (tertiary/aromatic N) is 2. The number of methoxy groups -OCH3 is 1. The Morgan fingerprint density at radius 2 is 2.04 bits per heavy atom. The molecule has 1 aliphatic rings. The first kappa shape index (κ1) is 15.2. The molecule has 0 radical (unpaired) electrons. The Bertz CT molecular complexity index is 781. The third kappa shape index (κ3) is 2.49. The van der Waals surface area contributed by atoms with E-state index in [1.54, 1.807) is 43.0 Å². The van der Waals surface area contributed by atoms with E-state index in [0.29, 0.717) is 16.4 Å². The molecule has 1 aliphatic heterocycles. The van der Waals surface area contributed by atoms with Gasteiger partial charge in [0.2, 0.25) is 0 Å². The minimum absolute atomic E-state index is 0.0790. The zero-order valence-electron chi connectivity index (χ0n) is 12.5. The van der Waals surface area contributed by atoms with E-state index in [2.05, 4.69) is 4.98 Å². The van der Waals surface area contributed by atoms with Crippen molar-refractivity contribution in [3.63, 3.8) is 0 Å². The number of aromatic nitrogens is 1. The molecule has 1 N–H and O–H groups in total. The number of amides is 1. The van der Waals surface area contributed by atoms with Gasteiger partial charge in [-0.2, -0.15) is 0 Å². The van der Waals surface area contributed by atoms with Crippen LogP contribution in [0.15, 0.2) is 47.2 Å². The molecular weight excluding hydrogens is 316 g/mol. The molecule has 1 aromatic carbocycles. The van der Waals surface area contributed by atoms with Gasteiger partial charge < -0.3 is 9.84 Å². The van der Waals surface area contributed by atoms with Gasteiger partial charge in [0.05, 0.1) is 18.7 Å². The molecule has 0 saturated carbocycles. The molecule has 6 nitrogen and oxygen atoms in total. The van der Waals surface area contributed by atoms with Crippen LogP contribution < -0.4 is 9.64 Å². The van der Waals surface area contributed by atoms with Gasteiger partial charge in [-0.25, -0.2) is 4.98 Å². The zero-order valence-corrected chi connectivity index (χ0v) is 13.3. The van der Waals surface area contributed by atoms with Crippen LogP contribution in [0.3, 0.4) is 0 Å². The Balaban J connectivity index is 2.13. The smallest absolute Gasteiger partial charge is 0.296 e. The summed E-state index contributed by atoms with van der Waals surface area (Å²) in [6.07, 6.45) is 1.57. The molecule has 1 amide bonds. The van der Waals surface area contributed by atoms with Gasteiger partial charge in [-0.3, -0.25) is 14.5 Å². The Labute approximate surface area is 136 Å². The highest BCUT2D eigenvalue weighted by Crippen LogP contribution is 2.41. The summed E-state index contributed by atoms with van der Waals surface area (Å²) in [6, 6.07) is 6.31. The third-order valence-corrected chi connectivity index (χ3v) is 4.42. The van der Waals surface area contributed by atoms with Crippen LogP contribution in [-0.2, 0) is 9.59 Å². The van der Waals surface area contributed by atoms with Gasteiger partial charge >= 0.3 is 0 Å². The fraction of sp³-hybridized carbons (Fsp3) is 0.188. The Morgan fingerprint density at radius 3 is 2.57 bits per heavy atom. The minimum atomic E-state index is -0.697. The van der Waals surface area contributed by atoms with Crippen LogP contribution in [0.1, 0.15) is 18.5 Å². The second-order valence-electron chi connectivity index (χ2n) is 4.98. The molecule has 0 saturated heterocycles. The van der Waals surface area contributed by atoms with Crippen molar-refractivity contribution in [3.8, 4) is 5.75 Å². The van der Waals surface area contributed by atoms with Crippen molar-refractivity contribution in [1.82, 2.24) is 4.98 Å². The fourth-order valence-electron chi connectivity index (χ4n) is 2.60. The summed E-state index contributed by atoms with van der Waals surface area (Å²) in [5.41, 5.74) is 0.777. The predicted molar refractivity (Wildman–Crippen MR) is 85.7 cm³/mol. The molecule has 0 fully saturated rings. The predicted octanol–water partition coefficient (Wildman–Crippen LogP) is 2.64. The number of anilines is 1. The number of Topliss-reactive ketones (excluding diaryl/α,β-unsaturated/α-hetero) is 1. The number of carbonyl (C=O) groups excluding carboxylic acids is 2. The lowest BCUT2D eigenvalue weighted by Crippen LogP contribution is -2.30. The van der Waals surface area contributed by atoms with Gasteiger partial charge in [0.15, 0.2) is 16.7 Å². The summed E-state index contributed by atoms with van der Waals surface area (Å²) >= 11 is 1.27. The maximum absolute atomic E-state index is 12.4. The number of carbonyl (C=O) groups is 2. The number of rotatable bonds is 4. The van der Waals surface area contributed by atoms with Crippen molar-refractivity contribution >= 4 is 28.2 Å². The number of aliphatic hydroxyl groups is 1. The highest BCUT2D eigenvalue weighted by Gasteiger charge is 2.44. The minimum Gasteiger partial charge on any atom is -0.503 e. The zero-order chi connectivity index (χ0) is 16.6. The van der Waals surface area contributed by atoms with Gasteiger partial charge in [0, 0.05) is 11.6 Å². The van der Waals surface area contributed by atoms with Crippen LogP contribution in [0, 0.1) is 0 Å². The standard InChI is InChI=1S/C16H14N2O4S/c1-9(19)12-13(10-3-5-11(22-2)6-4-10)18(15(21)14(12)20)16-17-7-8-23-16/h3-8,13,20H,1-2H3/t13-/m1/s1. The Kier molecular flexibility index (Phi) is 3.87. The van der Waals surface area contributed by atoms with Gasteiger partial charge in [-0.1, -0.05) is 12.1 Å². The van der Waals surface area contributed by atoms with Crippen LogP contribution >= 0.6 is 11.3 Å². The van der Waals surface area contributed by atoms with E-state index in [4.69, 9.17) is 4.74 Å². The molecule has 3 rings (SSSR count). The SMILES string of the molecule is COc1ccc([C@@H]2C(C(C)=O)=C(O)C(=O)N2c2nccs2)cc1. The topological polar surface area (TPSA) is 79.7 Å². The summed E-state index contributed by atoms with van der Waals surface area (Å²) < 4.78 is 5.13. The molecule has 118 valence electrons. The van der Waals surface area contributed by atoms with Crippen LogP contribution in [0.5, 0.6) is 5.75 Å². The van der Waals surface area contributed by atoms with E-state index in [0.717, 1.165) is 0 Å². The number of thiazole rings is 1. The lowest BCUT2D eigenvalue weighted by molar-refractivity contribution is -0.117. The van der Waals surface area contributed by atoms with E-state index in [9.17, 15) is 14.7 Å². The third-order valence-electron chi connectivity index (χ3n) is 3.64. The van der Waals surface area contributed by atoms with Crippen molar-refractivity contribution < 1.29 is 19.4 Å². The van der Waals surface area contributed by atoms with E-state index < -0.39 is 17.7 Å². The summed E-state index contributed by atoms with van der Waals surface area (Å²) in [5.74, 6) is -0.827. The fourth-order valence-corrected chi connectivity index (χ4v) is 3.27. The quantitative estimate of drug-likeness (QED) is 0.932. The molecule has 7 heteroatoms. The van der Waals surface area contributed by atoms with Crippen molar-refractivity contribution in [2.75, 3.05) is 12.0 Å². The van der Waals surface area contributed by atoms with Crippen molar-refractivity contribution in [2.24, 2.45) is 0 Å². The van der Waals surface area contributed by atoms with Gasteiger partial charge in [0.1, 0.15) is 5.75 Å². The molecule has 0 bridgehead atoms. The summed E-state index contributed by atoms with van der Waals surface area (Å²) in [7, 11) is 1.56. The van der Waals surface area contributed by atoms with Crippen molar-refractivity contribution in [3.05, 3.63) is 52.7 Å². The number of aliphatic hydroxyl groups excluding tert-OH is 1. The molecule has 23 heavy (non-hydrogen) atoms. The molecule has 0 unspecified atom stereocenters. The first-order chi connectivity index (χ1) is 11.0. The second-order valence-corrected chi connectivity index (χ2v) is 5.86. The summed E-state index contributed by atoms with van der Waals surface area (Å²) in [5, 5.41) is 12.3. The summed E-state index contributed by atoms with van der Waals surface area (Å²) in [6.45, 7) is 1.33. The van der Waals surface area contributed by atoms with Crippen LogP contribution in [0.2, 0.25) is 0 Å². The average Bonchev–Trinajstić information content (AvgIpc) is 3.15. The first-order valence-electron chi connectivity index (χ1n) is 6.85. The van der Waals surface area contributed by atoms with Crippen molar-refractivity contribution in [2.45, 2.75) is 13.0 Å². The van der Waals surface area contributed by atoms with Crippen LogP contribution in [-0.4, -0.2) is 28.9 Å². The first-order valence-corrected chi connectivity index (χ1v) is 7.73. The van der Waals surface area contributed by atoms with Crippen LogP contribution in [0.4, 0.5) is 5.13 Å². The second kappa shape index (κ2) is 5.85. The van der Waals surface area contributed by atoms with Gasteiger partial charge in [-0.15, -0.1) is 11.3 Å². The van der Waals surface area contributed by atoms with Crippen LogP contribution in [0.25, 0.3) is 0 Å². The lowest BCUT2D eigenvalue weighted by Gasteiger charge is -2.24. The highest BCUT2D eigenvalue weighted by atomic mass is 32.1. The van der Waals surface area contributed by atoms with Crippen molar-refractivity contribution in [1.29, 1.82) is 0 Å². The van der Waals surface area contributed by atoms with E-state index in [-0.39, 0.29) is 11.4 Å².